The number of nitrogens with zero attached hydrogens (tertiary/aromatic N) is 1. The van der Waals surface area contributed by atoms with Gasteiger partial charge in [0.25, 0.3) is 0 Å². The van der Waals surface area contributed by atoms with Crippen LogP contribution in [0.3, 0.4) is 0 Å². The molecule has 1 rings (SSSR count). The molecule has 78 valence electrons. The highest BCUT2D eigenvalue weighted by atomic mass is 16.5. The first-order valence-electron chi connectivity index (χ1n) is 4.32. The molecule has 0 heterocycles. The first-order chi connectivity index (χ1) is 7.27. The fraction of sp³-hybridized carbons (Fsp3) is 0.200. The highest BCUT2D eigenvalue weighted by molar-refractivity contribution is 5.90. The molecule has 0 aliphatic rings. The van der Waals surface area contributed by atoms with Gasteiger partial charge in [-0.15, -0.1) is 0 Å². The Hall–Kier alpha value is -2.22. The second-order valence-corrected chi connectivity index (χ2v) is 2.67. The maximum absolute atomic E-state index is 11.2. The minimum atomic E-state index is -0.430. The number of rotatable bonds is 3. The van der Waals surface area contributed by atoms with E-state index in [1.54, 1.807) is 24.3 Å². The van der Waals surface area contributed by atoms with Gasteiger partial charge in [-0.1, -0.05) is 12.1 Å². The lowest BCUT2D eigenvalue weighted by Crippen LogP contribution is -2.28. The van der Waals surface area contributed by atoms with Gasteiger partial charge in [-0.25, -0.2) is 4.79 Å². The van der Waals surface area contributed by atoms with E-state index in [2.05, 4.69) is 10.6 Å². The molecule has 0 aliphatic carbocycles. The Morgan fingerprint density at radius 2 is 2.27 bits per heavy atom. The van der Waals surface area contributed by atoms with Crippen molar-refractivity contribution in [1.82, 2.24) is 5.32 Å². The van der Waals surface area contributed by atoms with Crippen LogP contribution in [0.2, 0.25) is 0 Å². The molecule has 0 radical (unpaired) electrons. The van der Waals surface area contributed by atoms with Gasteiger partial charge < -0.3 is 15.4 Å². The molecular formula is C10H11N3O2. The van der Waals surface area contributed by atoms with Gasteiger partial charge in [-0.2, -0.15) is 5.26 Å². The summed E-state index contributed by atoms with van der Waals surface area (Å²) in [5.41, 5.74) is 0.565. The van der Waals surface area contributed by atoms with Crippen LogP contribution in [0.4, 0.5) is 10.5 Å². The molecular weight excluding hydrogens is 194 g/mol. The summed E-state index contributed by atoms with van der Waals surface area (Å²) in [7, 11) is 1.52. The van der Waals surface area contributed by atoms with Crippen LogP contribution >= 0.6 is 0 Å². The summed E-state index contributed by atoms with van der Waals surface area (Å²) < 4.78 is 5.04. The fourth-order valence-corrected chi connectivity index (χ4v) is 1.03. The van der Waals surface area contributed by atoms with Gasteiger partial charge in [0.2, 0.25) is 0 Å². The summed E-state index contributed by atoms with van der Waals surface area (Å²) in [6, 6.07) is 8.41. The first-order valence-corrected chi connectivity index (χ1v) is 4.32. The standard InChI is InChI=1S/C10H11N3O2/c1-15-9-5-3-2-4-8(9)13-10(14)12-7-6-11/h2-5H,7H2,1H3,(H2,12,13,14). The Bertz CT molecular complexity index is 384. The molecule has 0 aliphatic heterocycles. The molecule has 2 amide bonds. The van der Waals surface area contributed by atoms with Crippen LogP contribution in [0.5, 0.6) is 5.75 Å². The van der Waals surface area contributed by atoms with Crippen LogP contribution in [0.1, 0.15) is 0 Å². The minimum absolute atomic E-state index is 0.0268. The summed E-state index contributed by atoms with van der Waals surface area (Å²) in [4.78, 5) is 11.2. The van der Waals surface area contributed by atoms with E-state index >= 15 is 0 Å². The normalized spacial score (nSPS) is 8.80. The molecule has 0 aromatic heterocycles. The maximum Gasteiger partial charge on any atom is 0.320 e. The number of benzene rings is 1. The van der Waals surface area contributed by atoms with Crippen LogP contribution in [0.25, 0.3) is 0 Å². The second kappa shape index (κ2) is 5.50. The van der Waals surface area contributed by atoms with Crippen molar-refractivity contribution < 1.29 is 9.53 Å². The highest BCUT2D eigenvalue weighted by Crippen LogP contribution is 2.22. The smallest absolute Gasteiger partial charge is 0.320 e. The number of hydrogen-bond donors (Lipinski definition) is 2. The van der Waals surface area contributed by atoms with Crippen LogP contribution in [-0.2, 0) is 0 Å². The summed E-state index contributed by atoms with van der Waals surface area (Å²) in [6.07, 6.45) is 0. The molecule has 15 heavy (non-hydrogen) atoms. The van der Waals surface area contributed by atoms with Gasteiger partial charge in [-0.3, -0.25) is 0 Å². The van der Waals surface area contributed by atoms with E-state index in [0.717, 1.165) is 0 Å². The Labute approximate surface area is 87.7 Å². The zero-order valence-electron chi connectivity index (χ0n) is 8.28. The molecule has 0 saturated heterocycles. The largest absolute Gasteiger partial charge is 0.495 e. The van der Waals surface area contributed by atoms with Gasteiger partial charge >= 0.3 is 6.03 Å². The van der Waals surface area contributed by atoms with Gasteiger partial charge in [-0.05, 0) is 12.1 Å². The van der Waals surface area contributed by atoms with Crippen molar-refractivity contribution in [2.75, 3.05) is 19.0 Å². The lowest BCUT2D eigenvalue weighted by Gasteiger charge is -2.09. The lowest BCUT2D eigenvalue weighted by atomic mass is 10.3. The third-order valence-electron chi connectivity index (χ3n) is 1.68. The van der Waals surface area contributed by atoms with Crippen molar-refractivity contribution in [2.45, 2.75) is 0 Å². The van der Waals surface area contributed by atoms with E-state index in [4.69, 9.17) is 10.00 Å². The summed E-state index contributed by atoms with van der Waals surface area (Å²) >= 11 is 0. The Morgan fingerprint density at radius 1 is 1.53 bits per heavy atom. The van der Waals surface area contributed by atoms with Crippen molar-refractivity contribution in [1.29, 1.82) is 5.26 Å². The van der Waals surface area contributed by atoms with Crippen LogP contribution in [-0.4, -0.2) is 19.7 Å². The maximum atomic E-state index is 11.2. The van der Waals surface area contributed by atoms with Gasteiger partial charge in [0.1, 0.15) is 12.3 Å². The Balaban J connectivity index is 2.64. The van der Waals surface area contributed by atoms with Gasteiger partial charge in [0.15, 0.2) is 0 Å². The molecule has 5 nitrogen and oxygen atoms in total. The van der Waals surface area contributed by atoms with E-state index in [-0.39, 0.29) is 6.54 Å². The van der Waals surface area contributed by atoms with Crippen LogP contribution < -0.4 is 15.4 Å². The number of anilines is 1. The number of ether oxygens (including phenoxy) is 1. The van der Waals surface area contributed by atoms with Crippen LogP contribution in [0.15, 0.2) is 24.3 Å². The Morgan fingerprint density at radius 3 is 2.93 bits per heavy atom. The zero-order chi connectivity index (χ0) is 11.1. The third-order valence-corrected chi connectivity index (χ3v) is 1.68. The highest BCUT2D eigenvalue weighted by Gasteiger charge is 2.04. The summed E-state index contributed by atoms with van der Waals surface area (Å²) in [6.45, 7) is -0.0268. The van der Waals surface area contributed by atoms with Gasteiger partial charge in [0, 0.05) is 0 Å². The van der Waals surface area contributed by atoms with Crippen molar-refractivity contribution >= 4 is 11.7 Å². The number of methoxy groups -OCH3 is 1. The number of urea groups is 1. The molecule has 0 spiro atoms. The molecule has 0 saturated carbocycles. The van der Waals surface area contributed by atoms with Crippen molar-refractivity contribution in [3.8, 4) is 11.8 Å². The fourth-order valence-electron chi connectivity index (χ4n) is 1.03. The topological polar surface area (TPSA) is 74.2 Å². The average molecular weight is 205 g/mol. The summed E-state index contributed by atoms with van der Waals surface area (Å²) in [5.74, 6) is 0.574. The number of carbonyl (C=O) groups excluding carboxylic acids is 1. The van der Waals surface area contributed by atoms with Crippen molar-refractivity contribution in [3.05, 3.63) is 24.3 Å². The predicted octanol–water partition coefficient (Wildman–Crippen LogP) is 1.34. The monoisotopic (exact) mass is 205 g/mol. The number of hydrogen-bond acceptors (Lipinski definition) is 3. The quantitative estimate of drug-likeness (QED) is 0.731. The van der Waals surface area contributed by atoms with Crippen molar-refractivity contribution in [2.24, 2.45) is 0 Å². The van der Waals surface area contributed by atoms with E-state index in [0.29, 0.717) is 11.4 Å². The van der Waals surface area contributed by atoms with E-state index in [1.807, 2.05) is 6.07 Å². The number of nitrogens with one attached hydrogen (secondary N) is 2. The second-order valence-electron chi connectivity index (χ2n) is 2.67. The molecule has 1 aromatic rings. The molecule has 0 atom stereocenters. The van der Waals surface area contributed by atoms with Gasteiger partial charge in [0.05, 0.1) is 18.9 Å². The molecule has 5 heteroatoms. The number of amides is 2. The molecule has 0 fully saturated rings. The molecule has 0 unspecified atom stereocenters. The molecule has 2 N–H and O–H groups in total. The number of nitriles is 1. The average Bonchev–Trinajstić information content (AvgIpc) is 2.27. The Kier molecular flexibility index (Phi) is 3.98. The molecule has 1 aromatic carbocycles. The number of para-hydroxylation sites is 2. The van der Waals surface area contributed by atoms with E-state index < -0.39 is 6.03 Å². The lowest BCUT2D eigenvalue weighted by molar-refractivity contribution is 0.253. The molecule has 0 bridgehead atoms. The van der Waals surface area contributed by atoms with Crippen molar-refractivity contribution in [3.63, 3.8) is 0 Å². The first kappa shape index (κ1) is 10.9. The minimum Gasteiger partial charge on any atom is -0.495 e. The summed E-state index contributed by atoms with van der Waals surface area (Å²) in [5, 5.41) is 13.2. The van der Waals surface area contributed by atoms with Crippen LogP contribution in [0, 0.1) is 11.3 Å². The third kappa shape index (κ3) is 3.19. The SMILES string of the molecule is COc1ccccc1NC(=O)NCC#N. The predicted molar refractivity (Wildman–Crippen MR) is 55.6 cm³/mol. The van der Waals surface area contributed by atoms with E-state index in [1.165, 1.54) is 7.11 Å². The van der Waals surface area contributed by atoms with E-state index in [9.17, 15) is 4.79 Å². The zero-order valence-corrected chi connectivity index (χ0v) is 8.28. The number of carbonyl (C=O) groups is 1.